The summed E-state index contributed by atoms with van der Waals surface area (Å²) in [6.45, 7) is 2.06. The van der Waals surface area contributed by atoms with E-state index in [4.69, 9.17) is 11.6 Å². The third kappa shape index (κ3) is 3.36. The monoisotopic (exact) mass is 290 g/mol. The van der Waals surface area contributed by atoms with Crippen molar-refractivity contribution < 1.29 is 0 Å². The van der Waals surface area contributed by atoms with Crippen molar-refractivity contribution in [1.82, 2.24) is 9.88 Å². The van der Waals surface area contributed by atoms with E-state index in [1.807, 2.05) is 6.07 Å². The van der Waals surface area contributed by atoms with Crippen LogP contribution in [0.25, 0.3) is 10.9 Å². The predicted molar refractivity (Wildman–Crippen MR) is 86.4 cm³/mol. The zero-order valence-electron chi connectivity index (χ0n) is 11.9. The standard InChI is InChI=1S/C17H23ClN2/c18-15-8-7-14-9-11-20(17(14)13-15)12-10-19-16-5-3-1-2-4-6-16/h7-9,11,13,16,19H,1-6,10,12H2. The van der Waals surface area contributed by atoms with Crippen molar-refractivity contribution in [3.8, 4) is 0 Å². The SMILES string of the molecule is Clc1ccc2ccn(CCNC3CCCCCC3)c2c1. The summed E-state index contributed by atoms with van der Waals surface area (Å²) in [7, 11) is 0. The van der Waals surface area contributed by atoms with E-state index in [9.17, 15) is 0 Å². The highest BCUT2D eigenvalue weighted by Crippen LogP contribution is 2.20. The van der Waals surface area contributed by atoms with Gasteiger partial charge in [-0.1, -0.05) is 43.4 Å². The van der Waals surface area contributed by atoms with Gasteiger partial charge in [0.15, 0.2) is 0 Å². The molecule has 0 amide bonds. The molecule has 0 radical (unpaired) electrons. The lowest BCUT2D eigenvalue weighted by atomic mass is 10.1. The Morgan fingerprint density at radius 2 is 1.90 bits per heavy atom. The Labute approximate surface area is 126 Å². The van der Waals surface area contributed by atoms with Crippen molar-refractivity contribution in [2.75, 3.05) is 6.54 Å². The molecule has 1 fully saturated rings. The van der Waals surface area contributed by atoms with Crippen LogP contribution in [0.1, 0.15) is 38.5 Å². The molecule has 1 N–H and O–H groups in total. The van der Waals surface area contributed by atoms with Crippen LogP contribution < -0.4 is 5.32 Å². The first-order valence-corrected chi connectivity index (χ1v) is 8.18. The molecule has 0 spiro atoms. The summed E-state index contributed by atoms with van der Waals surface area (Å²) < 4.78 is 2.30. The molecular formula is C17H23ClN2. The van der Waals surface area contributed by atoms with Crippen LogP contribution in [0.5, 0.6) is 0 Å². The highest BCUT2D eigenvalue weighted by atomic mass is 35.5. The van der Waals surface area contributed by atoms with Crippen molar-refractivity contribution >= 4 is 22.5 Å². The minimum Gasteiger partial charge on any atom is -0.346 e. The summed E-state index contributed by atoms with van der Waals surface area (Å²) >= 11 is 6.09. The van der Waals surface area contributed by atoms with E-state index < -0.39 is 0 Å². The normalized spacial score (nSPS) is 17.4. The van der Waals surface area contributed by atoms with Gasteiger partial charge in [-0.05, 0) is 36.4 Å². The van der Waals surface area contributed by atoms with Gasteiger partial charge in [-0.25, -0.2) is 0 Å². The third-order valence-corrected chi connectivity index (χ3v) is 4.61. The van der Waals surface area contributed by atoms with Crippen molar-refractivity contribution in [3.05, 3.63) is 35.5 Å². The number of benzene rings is 1. The third-order valence-electron chi connectivity index (χ3n) is 4.38. The molecule has 1 aromatic carbocycles. The summed E-state index contributed by atoms with van der Waals surface area (Å²) in [5, 5.41) is 5.81. The highest BCUT2D eigenvalue weighted by Gasteiger charge is 2.11. The van der Waals surface area contributed by atoms with Crippen LogP contribution in [0.3, 0.4) is 0 Å². The Morgan fingerprint density at radius 3 is 2.70 bits per heavy atom. The van der Waals surface area contributed by atoms with Crippen molar-refractivity contribution in [3.63, 3.8) is 0 Å². The van der Waals surface area contributed by atoms with Gasteiger partial charge in [0.2, 0.25) is 0 Å². The number of aromatic nitrogens is 1. The van der Waals surface area contributed by atoms with Crippen LogP contribution in [0.4, 0.5) is 0 Å². The predicted octanol–water partition coefficient (Wildman–Crippen LogP) is 4.61. The lowest BCUT2D eigenvalue weighted by molar-refractivity contribution is 0.447. The molecule has 1 saturated carbocycles. The summed E-state index contributed by atoms with van der Waals surface area (Å²) in [6.07, 6.45) is 10.5. The summed E-state index contributed by atoms with van der Waals surface area (Å²) in [5.41, 5.74) is 1.24. The minimum atomic E-state index is 0.725. The van der Waals surface area contributed by atoms with Crippen LogP contribution in [-0.4, -0.2) is 17.2 Å². The second kappa shape index (κ2) is 6.64. The van der Waals surface area contributed by atoms with Gasteiger partial charge in [0.05, 0.1) is 0 Å². The first kappa shape index (κ1) is 14.0. The summed E-state index contributed by atoms with van der Waals surface area (Å²) in [4.78, 5) is 0. The van der Waals surface area contributed by atoms with Gasteiger partial charge in [0.25, 0.3) is 0 Å². The van der Waals surface area contributed by atoms with Crippen LogP contribution in [0.2, 0.25) is 5.02 Å². The van der Waals surface area contributed by atoms with E-state index in [-0.39, 0.29) is 0 Å². The first-order chi connectivity index (χ1) is 9.83. The van der Waals surface area contributed by atoms with Crippen molar-refractivity contribution in [2.24, 2.45) is 0 Å². The van der Waals surface area contributed by atoms with Crippen LogP contribution in [-0.2, 0) is 6.54 Å². The molecule has 1 aliphatic carbocycles. The number of halogens is 1. The number of nitrogens with zero attached hydrogens (tertiary/aromatic N) is 1. The molecule has 3 rings (SSSR count). The molecule has 2 aromatic rings. The number of fused-ring (bicyclic) bond motifs is 1. The lowest BCUT2D eigenvalue weighted by Gasteiger charge is -2.16. The molecular weight excluding hydrogens is 268 g/mol. The number of hydrogen-bond acceptors (Lipinski definition) is 1. The van der Waals surface area contributed by atoms with E-state index in [1.165, 1.54) is 49.4 Å². The Hall–Kier alpha value is -0.990. The molecule has 3 heteroatoms. The fourth-order valence-electron chi connectivity index (χ4n) is 3.22. The highest BCUT2D eigenvalue weighted by molar-refractivity contribution is 6.31. The Balaban J connectivity index is 1.58. The Bertz CT molecular complexity index is 553. The van der Waals surface area contributed by atoms with E-state index >= 15 is 0 Å². The maximum absolute atomic E-state index is 6.09. The van der Waals surface area contributed by atoms with Crippen molar-refractivity contribution in [1.29, 1.82) is 0 Å². The van der Waals surface area contributed by atoms with Crippen LogP contribution in [0, 0.1) is 0 Å². The molecule has 1 heterocycles. The Morgan fingerprint density at radius 1 is 1.10 bits per heavy atom. The van der Waals surface area contributed by atoms with Gasteiger partial charge in [-0.3, -0.25) is 0 Å². The summed E-state index contributed by atoms with van der Waals surface area (Å²) in [5.74, 6) is 0. The average molecular weight is 291 g/mol. The lowest BCUT2D eigenvalue weighted by Crippen LogP contribution is -2.31. The number of hydrogen-bond donors (Lipinski definition) is 1. The molecule has 0 bridgehead atoms. The first-order valence-electron chi connectivity index (χ1n) is 7.81. The van der Waals surface area contributed by atoms with Gasteiger partial charge >= 0.3 is 0 Å². The van der Waals surface area contributed by atoms with E-state index in [0.717, 1.165) is 24.2 Å². The number of nitrogens with one attached hydrogen (secondary N) is 1. The Kier molecular flexibility index (Phi) is 4.64. The molecule has 1 aliphatic rings. The van der Waals surface area contributed by atoms with Crippen LogP contribution in [0.15, 0.2) is 30.5 Å². The maximum Gasteiger partial charge on any atom is 0.0495 e. The zero-order chi connectivity index (χ0) is 13.8. The van der Waals surface area contributed by atoms with E-state index in [1.54, 1.807) is 0 Å². The smallest absolute Gasteiger partial charge is 0.0495 e. The van der Waals surface area contributed by atoms with Gasteiger partial charge in [-0.2, -0.15) is 0 Å². The van der Waals surface area contributed by atoms with Gasteiger partial charge in [0, 0.05) is 35.9 Å². The molecule has 0 unspecified atom stereocenters. The minimum absolute atomic E-state index is 0.725. The molecule has 0 saturated heterocycles. The molecule has 0 aliphatic heterocycles. The molecule has 2 nitrogen and oxygen atoms in total. The largest absolute Gasteiger partial charge is 0.346 e. The zero-order valence-corrected chi connectivity index (χ0v) is 12.7. The van der Waals surface area contributed by atoms with E-state index in [0.29, 0.717) is 0 Å². The number of rotatable bonds is 4. The fourth-order valence-corrected chi connectivity index (χ4v) is 3.39. The fraction of sp³-hybridized carbons (Fsp3) is 0.529. The van der Waals surface area contributed by atoms with Gasteiger partial charge in [0.1, 0.15) is 0 Å². The second-order valence-electron chi connectivity index (χ2n) is 5.85. The molecule has 20 heavy (non-hydrogen) atoms. The van der Waals surface area contributed by atoms with Crippen molar-refractivity contribution in [2.45, 2.75) is 51.1 Å². The van der Waals surface area contributed by atoms with Gasteiger partial charge < -0.3 is 9.88 Å². The molecule has 108 valence electrons. The van der Waals surface area contributed by atoms with Gasteiger partial charge in [-0.15, -0.1) is 0 Å². The maximum atomic E-state index is 6.09. The average Bonchev–Trinajstić information content (AvgIpc) is 2.68. The van der Waals surface area contributed by atoms with E-state index in [2.05, 4.69) is 34.3 Å². The molecule has 1 aromatic heterocycles. The quantitative estimate of drug-likeness (QED) is 0.814. The van der Waals surface area contributed by atoms with Crippen LogP contribution >= 0.6 is 11.6 Å². The topological polar surface area (TPSA) is 17.0 Å². The summed E-state index contributed by atoms with van der Waals surface area (Å²) in [6, 6.07) is 8.99. The molecule has 0 atom stereocenters. The second-order valence-corrected chi connectivity index (χ2v) is 6.29.